The van der Waals surface area contributed by atoms with Gasteiger partial charge in [0.05, 0.1) is 23.8 Å². The molecule has 2 heterocycles. The van der Waals surface area contributed by atoms with E-state index in [9.17, 15) is 4.39 Å². The molecule has 1 aromatic heterocycles. The van der Waals surface area contributed by atoms with E-state index < -0.39 is 0 Å². The molecule has 12 heavy (non-hydrogen) atoms. The van der Waals surface area contributed by atoms with E-state index in [1.165, 1.54) is 0 Å². The largest absolute Gasteiger partial charge is 0.375 e. The van der Waals surface area contributed by atoms with E-state index in [4.69, 9.17) is 4.74 Å². The van der Waals surface area contributed by atoms with Gasteiger partial charge in [-0.3, -0.25) is 0 Å². The van der Waals surface area contributed by atoms with Crippen molar-refractivity contribution in [2.75, 3.05) is 6.61 Å². The lowest BCUT2D eigenvalue weighted by Gasteiger charge is -2.08. The minimum absolute atomic E-state index is 0.337. The Labute approximate surface area is 75.4 Å². The smallest absolute Gasteiger partial charge is 0.269 e. The predicted molar refractivity (Wildman–Crippen MR) is 46.8 cm³/mol. The van der Waals surface area contributed by atoms with Crippen molar-refractivity contribution in [2.45, 2.75) is 26.9 Å². The molecule has 4 heteroatoms. The van der Waals surface area contributed by atoms with Gasteiger partial charge in [-0.05, 0) is 0 Å². The second-order valence-electron chi connectivity index (χ2n) is 2.14. The topological polar surface area (TPSA) is 22.1 Å². The summed E-state index contributed by atoms with van der Waals surface area (Å²) in [5.74, 6) is 0. The standard InChI is InChI=1S/C6H6FNOS.C2H6/c7-6-8-4-1-2-9-3-5(4)10-6;1-2/h1-3H2;1-2H3. The highest BCUT2D eigenvalue weighted by atomic mass is 32.1. The molecule has 68 valence electrons. The van der Waals surface area contributed by atoms with Crippen LogP contribution >= 0.6 is 11.3 Å². The second kappa shape index (κ2) is 4.52. The third-order valence-electron chi connectivity index (χ3n) is 1.47. The number of halogens is 1. The van der Waals surface area contributed by atoms with Crippen molar-refractivity contribution in [1.29, 1.82) is 0 Å². The van der Waals surface area contributed by atoms with Crippen LogP contribution < -0.4 is 0 Å². The summed E-state index contributed by atoms with van der Waals surface area (Å²) in [6.07, 6.45) is 0.760. The fraction of sp³-hybridized carbons (Fsp3) is 0.625. The zero-order valence-corrected chi connectivity index (χ0v) is 8.08. The quantitative estimate of drug-likeness (QED) is 0.625. The van der Waals surface area contributed by atoms with Gasteiger partial charge >= 0.3 is 0 Å². The summed E-state index contributed by atoms with van der Waals surface area (Å²) in [6.45, 7) is 5.22. The van der Waals surface area contributed by atoms with Crippen LogP contribution in [0.3, 0.4) is 0 Å². The van der Waals surface area contributed by atoms with Gasteiger partial charge in [-0.1, -0.05) is 25.2 Å². The highest BCUT2D eigenvalue weighted by molar-refractivity contribution is 7.10. The molecule has 1 aromatic rings. The molecule has 0 atom stereocenters. The maximum atomic E-state index is 12.4. The Morgan fingerprint density at radius 2 is 2.25 bits per heavy atom. The molecule has 1 aliphatic heterocycles. The molecular formula is C8H12FNOS. The number of fused-ring (bicyclic) bond motifs is 1. The van der Waals surface area contributed by atoms with Crippen molar-refractivity contribution in [3.8, 4) is 0 Å². The summed E-state index contributed by atoms with van der Waals surface area (Å²) >= 11 is 1.09. The third kappa shape index (κ3) is 2.01. The molecule has 2 rings (SSSR count). The molecule has 1 aliphatic rings. The third-order valence-corrected chi connectivity index (χ3v) is 2.33. The fourth-order valence-electron chi connectivity index (χ4n) is 0.994. The first-order valence-corrected chi connectivity index (χ1v) is 4.90. The van der Waals surface area contributed by atoms with Crippen LogP contribution in [0.2, 0.25) is 0 Å². The summed E-state index contributed by atoms with van der Waals surface area (Å²) in [4.78, 5) is 4.67. The van der Waals surface area contributed by atoms with Crippen molar-refractivity contribution in [1.82, 2.24) is 4.98 Å². The number of thiazole rings is 1. The molecule has 0 aromatic carbocycles. The van der Waals surface area contributed by atoms with Gasteiger partial charge in [0.2, 0.25) is 0 Å². The van der Waals surface area contributed by atoms with Crippen LogP contribution in [-0.2, 0) is 17.8 Å². The molecule has 0 aliphatic carbocycles. The monoisotopic (exact) mass is 189 g/mol. The van der Waals surface area contributed by atoms with E-state index >= 15 is 0 Å². The highest BCUT2D eigenvalue weighted by Gasteiger charge is 2.14. The molecule has 0 unspecified atom stereocenters. The molecule has 0 saturated heterocycles. The number of ether oxygens (including phenoxy) is 1. The summed E-state index contributed by atoms with van der Waals surface area (Å²) < 4.78 is 17.6. The van der Waals surface area contributed by atoms with Crippen molar-refractivity contribution in [3.05, 3.63) is 15.8 Å². The van der Waals surface area contributed by atoms with Crippen molar-refractivity contribution in [3.63, 3.8) is 0 Å². The first-order valence-electron chi connectivity index (χ1n) is 4.08. The number of hydrogen-bond acceptors (Lipinski definition) is 3. The van der Waals surface area contributed by atoms with E-state index in [-0.39, 0.29) is 5.26 Å². The van der Waals surface area contributed by atoms with Crippen LogP contribution in [-0.4, -0.2) is 11.6 Å². The molecule has 0 bridgehead atoms. The van der Waals surface area contributed by atoms with E-state index in [2.05, 4.69) is 4.98 Å². The van der Waals surface area contributed by atoms with Crippen LogP contribution in [0.15, 0.2) is 0 Å². The molecule has 0 fully saturated rings. The summed E-state index contributed by atoms with van der Waals surface area (Å²) in [5.41, 5.74) is 0.883. The maximum absolute atomic E-state index is 12.4. The van der Waals surface area contributed by atoms with Gasteiger partial charge in [0.25, 0.3) is 5.26 Å². The number of hydrogen-bond donors (Lipinski definition) is 0. The molecule has 0 amide bonds. The Bertz CT molecular complexity index is 226. The minimum Gasteiger partial charge on any atom is -0.375 e. The van der Waals surface area contributed by atoms with E-state index in [0.717, 1.165) is 28.3 Å². The zero-order chi connectivity index (χ0) is 8.97. The molecular weight excluding hydrogens is 177 g/mol. The lowest BCUT2D eigenvalue weighted by Crippen LogP contribution is -2.07. The van der Waals surface area contributed by atoms with Gasteiger partial charge in [-0.2, -0.15) is 4.39 Å². The lowest BCUT2D eigenvalue weighted by molar-refractivity contribution is 0.112. The van der Waals surface area contributed by atoms with E-state index in [0.29, 0.717) is 13.2 Å². The van der Waals surface area contributed by atoms with Crippen LogP contribution in [0, 0.1) is 5.26 Å². The van der Waals surface area contributed by atoms with Gasteiger partial charge in [-0.25, -0.2) is 4.98 Å². The fourth-order valence-corrected chi connectivity index (χ4v) is 1.76. The number of nitrogens with zero attached hydrogens (tertiary/aromatic N) is 1. The molecule has 2 nitrogen and oxygen atoms in total. The minimum atomic E-state index is -0.337. The van der Waals surface area contributed by atoms with Crippen molar-refractivity contribution < 1.29 is 9.13 Å². The normalized spacial score (nSPS) is 14.6. The Balaban J connectivity index is 0.000000336. The molecule has 0 radical (unpaired) electrons. The van der Waals surface area contributed by atoms with Gasteiger partial charge in [0.15, 0.2) is 0 Å². The first-order chi connectivity index (χ1) is 5.86. The summed E-state index contributed by atoms with van der Waals surface area (Å²) in [5, 5.41) is -0.337. The Morgan fingerprint density at radius 1 is 1.50 bits per heavy atom. The number of aromatic nitrogens is 1. The van der Waals surface area contributed by atoms with E-state index in [1.54, 1.807) is 0 Å². The summed E-state index contributed by atoms with van der Waals surface area (Å²) in [7, 11) is 0. The second-order valence-corrected chi connectivity index (χ2v) is 3.17. The van der Waals surface area contributed by atoms with Crippen molar-refractivity contribution in [2.24, 2.45) is 0 Å². The van der Waals surface area contributed by atoms with Crippen LogP contribution in [0.1, 0.15) is 24.4 Å². The Morgan fingerprint density at radius 3 is 2.92 bits per heavy atom. The average Bonchev–Trinajstić information content (AvgIpc) is 2.48. The number of rotatable bonds is 0. The average molecular weight is 189 g/mol. The van der Waals surface area contributed by atoms with Crippen LogP contribution in [0.25, 0.3) is 0 Å². The maximum Gasteiger partial charge on any atom is 0.269 e. The Kier molecular flexibility index (Phi) is 3.62. The van der Waals surface area contributed by atoms with Gasteiger partial charge in [0.1, 0.15) is 0 Å². The highest BCUT2D eigenvalue weighted by Crippen LogP contribution is 2.21. The van der Waals surface area contributed by atoms with Gasteiger partial charge in [0, 0.05) is 6.42 Å². The molecule has 0 spiro atoms. The predicted octanol–water partition coefficient (Wildman–Crippen LogP) is 2.38. The first kappa shape index (κ1) is 9.61. The zero-order valence-electron chi connectivity index (χ0n) is 7.26. The lowest BCUT2D eigenvalue weighted by atomic mass is 10.2. The van der Waals surface area contributed by atoms with Gasteiger partial charge in [-0.15, -0.1) is 0 Å². The van der Waals surface area contributed by atoms with Crippen LogP contribution in [0.4, 0.5) is 4.39 Å². The molecule has 0 saturated carbocycles. The van der Waals surface area contributed by atoms with Gasteiger partial charge < -0.3 is 4.74 Å². The van der Waals surface area contributed by atoms with E-state index in [1.807, 2.05) is 13.8 Å². The SMILES string of the molecule is CC.Fc1nc2c(s1)COCC2. The van der Waals surface area contributed by atoms with Crippen molar-refractivity contribution >= 4 is 11.3 Å². The Hall–Kier alpha value is -0.480. The van der Waals surface area contributed by atoms with Crippen LogP contribution in [0.5, 0.6) is 0 Å². The molecule has 0 N–H and O–H groups in total. The summed E-state index contributed by atoms with van der Waals surface area (Å²) in [6, 6.07) is 0.